The Labute approximate surface area is 169 Å². The molecule has 1 atom stereocenters. The highest BCUT2D eigenvalue weighted by molar-refractivity contribution is 6.01. The first-order valence-corrected chi connectivity index (χ1v) is 9.89. The van der Waals surface area contributed by atoms with E-state index in [2.05, 4.69) is 17.4 Å². The van der Waals surface area contributed by atoms with E-state index in [0.717, 1.165) is 29.2 Å². The predicted octanol–water partition coefficient (Wildman–Crippen LogP) is 4.27. The third kappa shape index (κ3) is 3.40. The Kier molecular flexibility index (Phi) is 4.56. The molecular formula is C24H22N2O3. The van der Waals surface area contributed by atoms with Gasteiger partial charge in [-0.15, -0.1) is 0 Å². The number of carbonyl (C=O) groups excluding carboxylic acids is 1. The van der Waals surface area contributed by atoms with E-state index in [-0.39, 0.29) is 12.1 Å². The van der Waals surface area contributed by atoms with Crippen molar-refractivity contribution in [2.75, 3.05) is 25.1 Å². The molecule has 146 valence electrons. The lowest BCUT2D eigenvalue weighted by Gasteiger charge is -2.38. The summed E-state index contributed by atoms with van der Waals surface area (Å²) in [6.07, 6.45) is 0.522. The van der Waals surface area contributed by atoms with Gasteiger partial charge in [0.2, 0.25) is 0 Å². The summed E-state index contributed by atoms with van der Waals surface area (Å²) in [5.41, 5.74) is 3.74. The number of rotatable bonds is 4. The van der Waals surface area contributed by atoms with Crippen LogP contribution in [0, 0.1) is 0 Å². The summed E-state index contributed by atoms with van der Waals surface area (Å²) in [6, 6.07) is 23.8. The third-order valence-electron chi connectivity index (χ3n) is 5.39. The molecule has 1 amide bonds. The number of para-hydroxylation sites is 1. The quantitative estimate of drug-likeness (QED) is 0.728. The van der Waals surface area contributed by atoms with Crippen molar-refractivity contribution in [3.63, 3.8) is 0 Å². The number of ether oxygens (including phenoxy) is 2. The van der Waals surface area contributed by atoms with Gasteiger partial charge in [0.1, 0.15) is 19.4 Å². The van der Waals surface area contributed by atoms with Crippen LogP contribution in [0.15, 0.2) is 72.8 Å². The van der Waals surface area contributed by atoms with Crippen LogP contribution in [0.2, 0.25) is 0 Å². The van der Waals surface area contributed by atoms with E-state index >= 15 is 0 Å². The number of benzene rings is 3. The molecule has 29 heavy (non-hydrogen) atoms. The molecule has 3 aromatic carbocycles. The van der Waals surface area contributed by atoms with Gasteiger partial charge in [0.25, 0.3) is 5.91 Å². The number of amides is 1. The van der Waals surface area contributed by atoms with Crippen LogP contribution in [0.4, 0.5) is 5.69 Å². The van der Waals surface area contributed by atoms with Gasteiger partial charge in [0.05, 0.1) is 5.56 Å². The minimum absolute atomic E-state index is 0.0372. The maximum absolute atomic E-state index is 13.3. The van der Waals surface area contributed by atoms with Gasteiger partial charge in [-0.05, 0) is 41.8 Å². The molecule has 0 aromatic heterocycles. The van der Waals surface area contributed by atoms with Crippen LogP contribution in [0.3, 0.4) is 0 Å². The largest absolute Gasteiger partial charge is 0.486 e. The fourth-order valence-electron chi connectivity index (χ4n) is 3.91. The normalized spacial score (nSPS) is 17.4. The maximum Gasteiger partial charge on any atom is 0.257 e. The summed E-state index contributed by atoms with van der Waals surface area (Å²) in [5, 5.41) is 3.55. The molecule has 3 aromatic rings. The highest BCUT2D eigenvalue weighted by atomic mass is 16.6. The second kappa shape index (κ2) is 7.51. The predicted molar refractivity (Wildman–Crippen MR) is 111 cm³/mol. The van der Waals surface area contributed by atoms with Crippen molar-refractivity contribution in [2.24, 2.45) is 0 Å². The van der Waals surface area contributed by atoms with E-state index in [4.69, 9.17) is 9.47 Å². The van der Waals surface area contributed by atoms with Crippen LogP contribution in [-0.2, 0) is 6.42 Å². The molecule has 0 aliphatic carbocycles. The van der Waals surface area contributed by atoms with Crippen molar-refractivity contribution in [1.82, 2.24) is 4.90 Å². The highest BCUT2D eigenvalue weighted by Crippen LogP contribution is 2.37. The van der Waals surface area contributed by atoms with Gasteiger partial charge in [-0.25, -0.2) is 0 Å². The molecule has 5 nitrogen and oxygen atoms in total. The Morgan fingerprint density at radius 1 is 0.897 bits per heavy atom. The van der Waals surface area contributed by atoms with E-state index in [1.807, 2.05) is 65.6 Å². The molecule has 2 heterocycles. The van der Waals surface area contributed by atoms with Crippen molar-refractivity contribution in [2.45, 2.75) is 12.6 Å². The first-order chi connectivity index (χ1) is 14.3. The number of carbonyl (C=O) groups is 1. The maximum atomic E-state index is 13.3. The lowest BCUT2D eigenvalue weighted by atomic mass is 10.0. The monoisotopic (exact) mass is 386 g/mol. The van der Waals surface area contributed by atoms with Crippen LogP contribution in [0.1, 0.15) is 27.7 Å². The number of anilines is 1. The van der Waals surface area contributed by atoms with Gasteiger partial charge < -0.3 is 19.7 Å². The Morgan fingerprint density at radius 2 is 1.66 bits per heavy atom. The fourth-order valence-corrected chi connectivity index (χ4v) is 3.91. The number of fused-ring (bicyclic) bond motifs is 2. The van der Waals surface area contributed by atoms with Gasteiger partial charge in [-0.3, -0.25) is 4.79 Å². The van der Waals surface area contributed by atoms with Crippen molar-refractivity contribution >= 4 is 11.6 Å². The molecular weight excluding hydrogens is 364 g/mol. The number of hydrogen-bond donors (Lipinski definition) is 1. The molecule has 0 spiro atoms. The minimum Gasteiger partial charge on any atom is -0.486 e. The Balaban J connectivity index is 1.49. The number of hydrogen-bond acceptors (Lipinski definition) is 4. The summed E-state index contributed by atoms with van der Waals surface area (Å²) in [4.78, 5) is 15.2. The van der Waals surface area contributed by atoms with E-state index in [1.54, 1.807) is 0 Å². The van der Waals surface area contributed by atoms with Crippen molar-refractivity contribution in [3.8, 4) is 11.5 Å². The van der Waals surface area contributed by atoms with Crippen LogP contribution < -0.4 is 14.8 Å². The summed E-state index contributed by atoms with van der Waals surface area (Å²) < 4.78 is 11.4. The van der Waals surface area contributed by atoms with Gasteiger partial charge in [0.15, 0.2) is 11.5 Å². The molecule has 2 aliphatic rings. The summed E-state index contributed by atoms with van der Waals surface area (Å²) in [5.74, 6) is 1.51. The topological polar surface area (TPSA) is 50.8 Å². The van der Waals surface area contributed by atoms with Crippen molar-refractivity contribution < 1.29 is 14.3 Å². The summed E-state index contributed by atoms with van der Waals surface area (Å²) >= 11 is 0. The Bertz CT molecular complexity index is 1040. The summed E-state index contributed by atoms with van der Waals surface area (Å²) in [6.45, 7) is 1.71. The Hall–Kier alpha value is -3.47. The van der Waals surface area contributed by atoms with Crippen molar-refractivity contribution in [3.05, 3.63) is 89.5 Å². The van der Waals surface area contributed by atoms with Gasteiger partial charge in [0, 0.05) is 12.2 Å². The number of nitrogens with one attached hydrogen (secondary N) is 1. The van der Waals surface area contributed by atoms with Crippen LogP contribution >= 0.6 is 0 Å². The fraction of sp³-hybridized carbons (Fsp3) is 0.208. The Morgan fingerprint density at radius 3 is 2.52 bits per heavy atom. The molecule has 1 N–H and O–H groups in total. The molecule has 0 saturated carbocycles. The summed E-state index contributed by atoms with van der Waals surface area (Å²) in [7, 11) is 0. The van der Waals surface area contributed by atoms with E-state index in [9.17, 15) is 4.79 Å². The average Bonchev–Trinajstić information content (AvgIpc) is 2.79. The van der Waals surface area contributed by atoms with Gasteiger partial charge >= 0.3 is 0 Å². The second-order valence-corrected chi connectivity index (χ2v) is 7.23. The lowest BCUT2D eigenvalue weighted by molar-refractivity contribution is 0.0685. The number of nitrogens with zero attached hydrogens (tertiary/aromatic N) is 1. The van der Waals surface area contributed by atoms with Crippen LogP contribution in [0.25, 0.3) is 0 Å². The zero-order chi connectivity index (χ0) is 19.6. The standard InChI is InChI=1S/C24H22N2O3/c27-24-19-8-4-5-9-20(19)25-23(26(24)13-12-17-6-2-1-3-7-17)18-10-11-21-22(16-18)29-15-14-28-21/h1-11,16,23,25H,12-15H2/t23-/m1/s1. The second-order valence-electron chi connectivity index (χ2n) is 7.23. The zero-order valence-corrected chi connectivity index (χ0v) is 16.0. The first-order valence-electron chi connectivity index (χ1n) is 9.89. The van der Waals surface area contributed by atoms with E-state index in [0.29, 0.717) is 25.3 Å². The van der Waals surface area contributed by atoms with Crippen molar-refractivity contribution in [1.29, 1.82) is 0 Å². The van der Waals surface area contributed by atoms with Crippen LogP contribution in [0.5, 0.6) is 11.5 Å². The molecule has 0 radical (unpaired) electrons. The minimum atomic E-state index is -0.267. The van der Waals surface area contributed by atoms with E-state index < -0.39 is 0 Å². The third-order valence-corrected chi connectivity index (χ3v) is 5.39. The van der Waals surface area contributed by atoms with Crippen LogP contribution in [-0.4, -0.2) is 30.6 Å². The first kappa shape index (κ1) is 17.6. The van der Waals surface area contributed by atoms with E-state index in [1.165, 1.54) is 5.56 Å². The average molecular weight is 386 g/mol. The van der Waals surface area contributed by atoms with Gasteiger partial charge in [-0.1, -0.05) is 48.5 Å². The molecule has 2 aliphatic heterocycles. The molecule has 0 fully saturated rings. The van der Waals surface area contributed by atoms with Gasteiger partial charge in [-0.2, -0.15) is 0 Å². The molecule has 0 saturated heterocycles. The zero-order valence-electron chi connectivity index (χ0n) is 16.0. The molecule has 5 rings (SSSR count). The molecule has 0 bridgehead atoms. The SMILES string of the molecule is O=C1c2ccccc2N[C@@H](c2ccc3c(c2)OCCO3)N1CCc1ccccc1. The highest BCUT2D eigenvalue weighted by Gasteiger charge is 2.33. The molecule has 0 unspecified atom stereocenters. The smallest absolute Gasteiger partial charge is 0.257 e. The lowest BCUT2D eigenvalue weighted by Crippen LogP contribution is -2.44. The molecule has 5 heteroatoms.